The summed E-state index contributed by atoms with van der Waals surface area (Å²) in [6.45, 7) is 4.59. The van der Waals surface area contributed by atoms with Crippen LogP contribution < -0.4 is 0 Å². The summed E-state index contributed by atoms with van der Waals surface area (Å²) in [6.07, 6.45) is 69.0. The van der Waals surface area contributed by atoms with Crippen molar-refractivity contribution < 1.29 is 38.2 Å². The fourth-order valence-corrected chi connectivity index (χ4v) is 7.71. The van der Waals surface area contributed by atoms with Crippen molar-refractivity contribution in [2.75, 3.05) is 41.0 Å². The van der Waals surface area contributed by atoms with Crippen molar-refractivity contribution in [1.82, 2.24) is 0 Å². The van der Waals surface area contributed by atoms with Gasteiger partial charge in [0.25, 0.3) is 0 Å². The summed E-state index contributed by atoms with van der Waals surface area (Å²) in [5.74, 6) is -1.53. The molecule has 69 heavy (non-hydrogen) atoms. The van der Waals surface area contributed by atoms with E-state index in [0.29, 0.717) is 19.3 Å². The van der Waals surface area contributed by atoms with Crippen molar-refractivity contribution in [2.24, 2.45) is 0 Å². The normalized spacial score (nSPS) is 13.6. The van der Waals surface area contributed by atoms with Gasteiger partial charge in [0.05, 0.1) is 34.4 Å². The zero-order valence-electron chi connectivity index (χ0n) is 45.0. The summed E-state index contributed by atoms with van der Waals surface area (Å²) in [5, 5.41) is 9.67. The van der Waals surface area contributed by atoms with E-state index in [2.05, 4.69) is 111 Å². The van der Waals surface area contributed by atoms with Crippen LogP contribution in [0.25, 0.3) is 0 Å². The van der Waals surface area contributed by atoms with Crippen LogP contribution in [0.15, 0.2) is 97.2 Å². The van der Waals surface area contributed by atoms with E-state index in [1.54, 1.807) is 0 Å². The summed E-state index contributed by atoms with van der Waals surface area (Å²) < 4.78 is 17.3. The maximum absolute atomic E-state index is 12.8. The number of quaternary nitrogens is 1. The number of allylic oxidation sites excluding steroid dienone is 16. The van der Waals surface area contributed by atoms with E-state index < -0.39 is 18.1 Å². The predicted molar refractivity (Wildman–Crippen MR) is 293 cm³/mol. The van der Waals surface area contributed by atoms with Crippen molar-refractivity contribution in [3.63, 3.8) is 0 Å². The van der Waals surface area contributed by atoms with Crippen molar-refractivity contribution >= 4 is 17.9 Å². The van der Waals surface area contributed by atoms with Gasteiger partial charge >= 0.3 is 17.9 Å². The second-order valence-electron chi connectivity index (χ2n) is 19.5. The molecule has 394 valence electrons. The molecule has 8 heteroatoms. The van der Waals surface area contributed by atoms with Crippen LogP contribution in [0.4, 0.5) is 0 Å². The minimum Gasteiger partial charge on any atom is -0.477 e. The third-order valence-corrected chi connectivity index (χ3v) is 12.0. The van der Waals surface area contributed by atoms with Crippen molar-refractivity contribution in [3.8, 4) is 0 Å². The Kier molecular flexibility index (Phi) is 47.9. The number of ether oxygens (including phenoxy) is 3. The summed E-state index contributed by atoms with van der Waals surface area (Å²) in [4.78, 5) is 37.2. The van der Waals surface area contributed by atoms with Gasteiger partial charge in [-0.1, -0.05) is 201 Å². The van der Waals surface area contributed by atoms with Crippen molar-refractivity contribution in [3.05, 3.63) is 97.2 Å². The Morgan fingerprint density at radius 3 is 1.22 bits per heavy atom. The van der Waals surface area contributed by atoms with Crippen LogP contribution in [0.1, 0.15) is 219 Å². The number of likely N-dealkylation sites (N-methyl/N-ethyl adjacent to an activating group) is 1. The zero-order chi connectivity index (χ0) is 50.6. The molecule has 2 atom stereocenters. The SMILES string of the molecule is CC/C=C/C/C=C/C/C=C/C/C=C/C/C=C/C/C=C/CCCCCC(=O)OC(COCCC(C(=O)O)[N+](C)(C)C)COC(=O)CCCCCCCCC/C=C/C/C=C/CCCCCCCCCCC. The Hall–Kier alpha value is -3.75. The standard InChI is InChI=1S/C61H103NO7/c1-6-8-10-12-14-16-18-20-22-24-26-28-30-32-33-35-37-39-41-43-45-47-49-51-59(63)68-56-57(55-67-54-53-58(61(65)66)62(3,4)5)69-60(64)52-50-48-46-44-42-40-38-36-34-31-29-27-25-23-21-19-17-15-13-11-9-7-2/h9,11,15,17,21,23,26-29,32-34,36,40,42,57-58H,6-8,10,12-14,16,18-20,22,24-25,30-31,35,37-39,41,43-56H2,1-5H3/p+1/b11-9+,17-15+,23-21+,28-26+,29-27+,33-32+,36-34+,42-40+. The molecule has 0 aromatic rings. The molecule has 0 amide bonds. The van der Waals surface area contributed by atoms with Gasteiger partial charge in [0, 0.05) is 19.3 Å². The van der Waals surface area contributed by atoms with Gasteiger partial charge in [0.2, 0.25) is 0 Å². The van der Waals surface area contributed by atoms with Crippen LogP contribution in [0.3, 0.4) is 0 Å². The van der Waals surface area contributed by atoms with E-state index in [4.69, 9.17) is 14.2 Å². The fourth-order valence-electron chi connectivity index (χ4n) is 7.71. The first-order chi connectivity index (χ1) is 33.6. The largest absolute Gasteiger partial charge is 0.477 e. The van der Waals surface area contributed by atoms with E-state index in [1.807, 2.05) is 21.1 Å². The van der Waals surface area contributed by atoms with Gasteiger partial charge < -0.3 is 23.8 Å². The number of carbonyl (C=O) groups excluding carboxylic acids is 2. The molecule has 0 bridgehead atoms. The first-order valence-electron chi connectivity index (χ1n) is 27.8. The molecular formula is C61H104NO7+. The van der Waals surface area contributed by atoms with Crippen molar-refractivity contribution in [2.45, 2.75) is 231 Å². The maximum atomic E-state index is 12.8. The van der Waals surface area contributed by atoms with Crippen molar-refractivity contribution in [1.29, 1.82) is 0 Å². The Balaban J connectivity index is 4.30. The van der Waals surface area contributed by atoms with Crippen LogP contribution in [0, 0.1) is 0 Å². The molecule has 0 aliphatic carbocycles. The minimum absolute atomic E-state index is 0.0392. The first-order valence-corrected chi connectivity index (χ1v) is 27.8. The average molecular weight is 964 g/mol. The van der Waals surface area contributed by atoms with Crippen LogP contribution in [-0.4, -0.2) is 80.6 Å². The molecule has 0 aromatic heterocycles. The highest BCUT2D eigenvalue weighted by molar-refractivity contribution is 5.72. The van der Waals surface area contributed by atoms with Gasteiger partial charge in [-0.05, 0) is 96.3 Å². The highest BCUT2D eigenvalue weighted by Gasteiger charge is 2.31. The Labute approximate surface area is 424 Å². The monoisotopic (exact) mass is 963 g/mol. The molecule has 0 aliphatic rings. The number of carboxylic acid groups (broad SMARTS) is 1. The third kappa shape index (κ3) is 49.0. The lowest BCUT2D eigenvalue weighted by molar-refractivity contribution is -0.887. The molecule has 0 rings (SSSR count). The second kappa shape index (κ2) is 50.6. The number of unbranched alkanes of at least 4 members (excludes halogenated alkanes) is 19. The number of rotatable bonds is 49. The number of carboxylic acids is 1. The van der Waals surface area contributed by atoms with Gasteiger partial charge in [-0.2, -0.15) is 0 Å². The number of hydrogen-bond acceptors (Lipinski definition) is 6. The molecule has 0 spiro atoms. The van der Waals surface area contributed by atoms with Crippen LogP contribution in [0.5, 0.6) is 0 Å². The molecule has 0 fully saturated rings. The number of nitrogens with zero attached hydrogens (tertiary/aromatic N) is 1. The topological polar surface area (TPSA) is 99.1 Å². The summed E-state index contributed by atoms with van der Waals surface area (Å²) >= 11 is 0. The molecule has 8 nitrogen and oxygen atoms in total. The maximum Gasteiger partial charge on any atom is 0.362 e. The van der Waals surface area contributed by atoms with E-state index in [9.17, 15) is 19.5 Å². The average Bonchev–Trinajstić information content (AvgIpc) is 3.31. The zero-order valence-corrected chi connectivity index (χ0v) is 45.0. The second-order valence-corrected chi connectivity index (χ2v) is 19.5. The van der Waals surface area contributed by atoms with Gasteiger partial charge in [0.15, 0.2) is 12.1 Å². The Bertz CT molecular complexity index is 1450. The van der Waals surface area contributed by atoms with Gasteiger partial charge in [-0.3, -0.25) is 9.59 Å². The lowest BCUT2D eigenvalue weighted by Gasteiger charge is -2.31. The number of hydrogen-bond donors (Lipinski definition) is 1. The molecule has 0 saturated carbocycles. The fraction of sp³-hybridized carbons (Fsp3) is 0.689. The Morgan fingerprint density at radius 1 is 0.449 bits per heavy atom. The van der Waals surface area contributed by atoms with Gasteiger partial charge in [-0.15, -0.1) is 0 Å². The lowest BCUT2D eigenvalue weighted by atomic mass is 10.1. The Morgan fingerprint density at radius 2 is 0.812 bits per heavy atom. The molecule has 0 heterocycles. The highest BCUT2D eigenvalue weighted by Crippen LogP contribution is 2.14. The first kappa shape index (κ1) is 65.2. The molecular weight excluding hydrogens is 859 g/mol. The van der Waals surface area contributed by atoms with Gasteiger partial charge in [-0.25, -0.2) is 4.79 Å². The van der Waals surface area contributed by atoms with E-state index >= 15 is 0 Å². The quantitative estimate of drug-likeness (QED) is 0.0281. The van der Waals surface area contributed by atoms with E-state index in [-0.39, 0.29) is 42.7 Å². The van der Waals surface area contributed by atoms with Crippen LogP contribution >= 0.6 is 0 Å². The molecule has 1 N–H and O–H groups in total. The summed E-state index contributed by atoms with van der Waals surface area (Å²) in [7, 11) is 5.52. The molecule has 0 aliphatic heterocycles. The van der Waals surface area contributed by atoms with E-state index in [1.165, 1.54) is 89.9 Å². The van der Waals surface area contributed by atoms with Crippen LogP contribution in [0.2, 0.25) is 0 Å². The van der Waals surface area contributed by atoms with E-state index in [0.717, 1.165) is 89.9 Å². The third-order valence-electron chi connectivity index (χ3n) is 12.0. The molecule has 0 radical (unpaired) electrons. The smallest absolute Gasteiger partial charge is 0.362 e. The lowest BCUT2D eigenvalue weighted by Crippen LogP contribution is -2.50. The number of esters is 2. The molecule has 0 saturated heterocycles. The molecule has 0 aromatic carbocycles. The van der Waals surface area contributed by atoms with Gasteiger partial charge in [0.1, 0.15) is 6.61 Å². The predicted octanol–water partition coefficient (Wildman–Crippen LogP) is 16.6. The minimum atomic E-state index is -0.884. The van der Waals surface area contributed by atoms with Crippen LogP contribution in [-0.2, 0) is 28.6 Å². The highest BCUT2D eigenvalue weighted by atomic mass is 16.6. The summed E-state index contributed by atoms with van der Waals surface area (Å²) in [5.41, 5.74) is 0. The molecule has 2 unspecified atom stereocenters. The summed E-state index contributed by atoms with van der Waals surface area (Å²) in [6, 6.07) is -0.629. The number of aliphatic carboxylic acids is 1. The number of carbonyl (C=O) groups is 3.